The molecule has 17 heavy (non-hydrogen) atoms. The van der Waals surface area contributed by atoms with Crippen LogP contribution in [-0.2, 0) is 0 Å². The first-order valence-corrected chi connectivity index (χ1v) is 5.95. The zero-order valence-corrected chi connectivity index (χ0v) is 10.2. The summed E-state index contributed by atoms with van der Waals surface area (Å²) in [6, 6.07) is 1.91. The Hall–Kier alpha value is -1.65. The molecule has 1 aromatic rings. The molecule has 0 spiro atoms. The van der Waals surface area contributed by atoms with Crippen molar-refractivity contribution in [3.8, 4) is 0 Å². The van der Waals surface area contributed by atoms with E-state index < -0.39 is 5.97 Å². The van der Waals surface area contributed by atoms with Gasteiger partial charge in [0.15, 0.2) is 0 Å². The monoisotopic (exact) mass is 235 g/mol. The number of aromatic nitrogens is 2. The predicted molar refractivity (Wildman–Crippen MR) is 64.5 cm³/mol. The number of hydrogen-bond acceptors (Lipinski definition) is 4. The van der Waals surface area contributed by atoms with Crippen molar-refractivity contribution in [3.05, 3.63) is 17.6 Å². The standard InChI is InChI=1S/C12H17N3O2/c1-8(2)9-7-10(15-5-3-4-6-15)14-11(13-9)12(16)17/h7-8H,3-6H2,1-2H3,(H,16,17). The minimum absolute atomic E-state index is 0.0990. The van der Waals surface area contributed by atoms with Crippen molar-refractivity contribution in [2.75, 3.05) is 18.0 Å². The normalized spacial score (nSPS) is 15.6. The number of carboxylic acid groups (broad SMARTS) is 1. The molecule has 0 aromatic carbocycles. The molecule has 5 nitrogen and oxygen atoms in total. The lowest BCUT2D eigenvalue weighted by molar-refractivity contribution is 0.0683. The van der Waals surface area contributed by atoms with Crippen molar-refractivity contribution in [3.63, 3.8) is 0 Å². The first-order chi connectivity index (χ1) is 8.08. The fourth-order valence-electron chi connectivity index (χ4n) is 1.95. The number of hydrogen-bond donors (Lipinski definition) is 1. The van der Waals surface area contributed by atoms with Gasteiger partial charge in [0.1, 0.15) is 5.82 Å². The maximum Gasteiger partial charge on any atom is 0.374 e. The van der Waals surface area contributed by atoms with E-state index in [-0.39, 0.29) is 11.7 Å². The van der Waals surface area contributed by atoms with E-state index in [1.165, 1.54) is 0 Å². The Morgan fingerprint density at radius 1 is 1.35 bits per heavy atom. The highest BCUT2D eigenvalue weighted by molar-refractivity contribution is 5.83. The molecule has 0 bridgehead atoms. The molecule has 2 rings (SSSR count). The zero-order valence-electron chi connectivity index (χ0n) is 10.2. The Morgan fingerprint density at radius 2 is 2.00 bits per heavy atom. The third-order valence-electron chi connectivity index (χ3n) is 2.95. The molecule has 1 saturated heterocycles. The Bertz CT molecular complexity index is 426. The number of carboxylic acids is 1. The summed E-state index contributed by atoms with van der Waals surface area (Å²) >= 11 is 0. The lowest BCUT2D eigenvalue weighted by Gasteiger charge is -2.18. The van der Waals surface area contributed by atoms with Crippen LogP contribution < -0.4 is 4.90 Å². The van der Waals surface area contributed by atoms with Crippen molar-refractivity contribution in [2.45, 2.75) is 32.6 Å². The smallest absolute Gasteiger partial charge is 0.374 e. The number of anilines is 1. The van der Waals surface area contributed by atoms with Crippen molar-refractivity contribution < 1.29 is 9.90 Å². The van der Waals surface area contributed by atoms with Crippen LogP contribution in [0.25, 0.3) is 0 Å². The lowest BCUT2D eigenvalue weighted by atomic mass is 10.1. The molecule has 1 aliphatic heterocycles. The number of nitrogens with zero attached hydrogens (tertiary/aromatic N) is 3. The van der Waals surface area contributed by atoms with E-state index in [4.69, 9.17) is 5.11 Å². The first-order valence-electron chi connectivity index (χ1n) is 5.95. The van der Waals surface area contributed by atoms with Crippen molar-refractivity contribution in [1.82, 2.24) is 9.97 Å². The van der Waals surface area contributed by atoms with E-state index in [0.717, 1.165) is 37.4 Å². The van der Waals surface area contributed by atoms with Gasteiger partial charge in [-0.05, 0) is 18.8 Å². The van der Waals surface area contributed by atoms with E-state index in [9.17, 15) is 4.79 Å². The van der Waals surface area contributed by atoms with Gasteiger partial charge in [-0.15, -0.1) is 0 Å². The van der Waals surface area contributed by atoms with Gasteiger partial charge in [-0.3, -0.25) is 0 Å². The molecule has 1 aliphatic rings. The Kier molecular flexibility index (Phi) is 3.26. The summed E-state index contributed by atoms with van der Waals surface area (Å²) in [7, 11) is 0. The topological polar surface area (TPSA) is 66.3 Å². The third kappa shape index (κ3) is 2.54. The Labute approximate surface area is 100 Å². The average molecular weight is 235 g/mol. The van der Waals surface area contributed by atoms with Gasteiger partial charge in [-0.2, -0.15) is 0 Å². The van der Waals surface area contributed by atoms with Crippen LogP contribution in [0.3, 0.4) is 0 Å². The van der Waals surface area contributed by atoms with Gasteiger partial charge >= 0.3 is 5.97 Å². The van der Waals surface area contributed by atoms with Gasteiger partial charge in [0.2, 0.25) is 5.82 Å². The summed E-state index contributed by atoms with van der Waals surface area (Å²) < 4.78 is 0. The molecule has 1 aromatic heterocycles. The molecule has 0 aliphatic carbocycles. The molecule has 0 saturated carbocycles. The number of aromatic carboxylic acids is 1. The van der Waals surface area contributed by atoms with Gasteiger partial charge in [0, 0.05) is 24.8 Å². The van der Waals surface area contributed by atoms with Gasteiger partial charge in [-0.1, -0.05) is 13.8 Å². The molecule has 0 radical (unpaired) electrons. The Morgan fingerprint density at radius 3 is 2.53 bits per heavy atom. The highest BCUT2D eigenvalue weighted by atomic mass is 16.4. The second-order valence-corrected chi connectivity index (χ2v) is 4.63. The second kappa shape index (κ2) is 4.69. The van der Waals surface area contributed by atoms with Crippen LogP contribution in [0.1, 0.15) is 48.9 Å². The fraction of sp³-hybridized carbons (Fsp3) is 0.583. The van der Waals surface area contributed by atoms with Gasteiger partial charge in [0.25, 0.3) is 0 Å². The van der Waals surface area contributed by atoms with Crippen LogP contribution in [-0.4, -0.2) is 34.1 Å². The molecule has 5 heteroatoms. The van der Waals surface area contributed by atoms with Crippen LogP contribution in [0.2, 0.25) is 0 Å². The van der Waals surface area contributed by atoms with Crippen molar-refractivity contribution in [2.24, 2.45) is 0 Å². The molecule has 0 amide bonds. The third-order valence-corrected chi connectivity index (χ3v) is 2.95. The predicted octanol–water partition coefficient (Wildman–Crippen LogP) is 1.90. The van der Waals surface area contributed by atoms with Gasteiger partial charge in [0.05, 0.1) is 0 Å². The van der Waals surface area contributed by atoms with Crippen molar-refractivity contribution in [1.29, 1.82) is 0 Å². The molecular weight excluding hydrogens is 218 g/mol. The maximum absolute atomic E-state index is 11.0. The lowest BCUT2D eigenvalue weighted by Crippen LogP contribution is -2.21. The molecule has 92 valence electrons. The SMILES string of the molecule is CC(C)c1cc(N2CCCC2)nc(C(=O)O)n1. The van der Waals surface area contributed by atoms with E-state index >= 15 is 0 Å². The Balaban J connectivity index is 2.39. The molecule has 1 fully saturated rings. The molecular formula is C12H17N3O2. The number of carbonyl (C=O) groups is 1. The summed E-state index contributed by atoms with van der Waals surface area (Å²) in [5.74, 6) is -0.206. The van der Waals surface area contributed by atoms with Crippen LogP contribution >= 0.6 is 0 Å². The quantitative estimate of drug-likeness (QED) is 0.866. The first kappa shape index (κ1) is 11.8. The van der Waals surface area contributed by atoms with Crippen LogP contribution in [0, 0.1) is 0 Å². The van der Waals surface area contributed by atoms with Crippen LogP contribution in [0.5, 0.6) is 0 Å². The van der Waals surface area contributed by atoms with Crippen molar-refractivity contribution >= 4 is 11.8 Å². The largest absolute Gasteiger partial charge is 0.475 e. The summed E-state index contributed by atoms with van der Waals surface area (Å²) in [6.45, 7) is 5.91. The van der Waals surface area contributed by atoms with E-state index in [1.54, 1.807) is 0 Å². The van der Waals surface area contributed by atoms with Gasteiger partial charge < -0.3 is 10.0 Å². The fourth-order valence-corrected chi connectivity index (χ4v) is 1.95. The molecule has 0 atom stereocenters. The van der Waals surface area contributed by atoms with E-state index in [2.05, 4.69) is 14.9 Å². The van der Waals surface area contributed by atoms with E-state index in [1.807, 2.05) is 19.9 Å². The molecule has 0 unspecified atom stereocenters. The van der Waals surface area contributed by atoms with E-state index in [0.29, 0.717) is 0 Å². The number of rotatable bonds is 3. The molecule has 1 N–H and O–H groups in total. The summed E-state index contributed by atoms with van der Waals surface area (Å²) in [4.78, 5) is 21.3. The van der Waals surface area contributed by atoms with Crippen LogP contribution in [0.4, 0.5) is 5.82 Å². The average Bonchev–Trinajstić information content (AvgIpc) is 2.81. The molecule has 2 heterocycles. The van der Waals surface area contributed by atoms with Crippen LogP contribution in [0.15, 0.2) is 6.07 Å². The maximum atomic E-state index is 11.0. The van der Waals surface area contributed by atoms with Gasteiger partial charge in [-0.25, -0.2) is 14.8 Å². The summed E-state index contributed by atoms with van der Waals surface area (Å²) in [6.07, 6.45) is 2.28. The highest BCUT2D eigenvalue weighted by Crippen LogP contribution is 2.22. The second-order valence-electron chi connectivity index (χ2n) is 4.63. The zero-order chi connectivity index (χ0) is 12.4. The summed E-state index contributed by atoms with van der Waals surface area (Å²) in [5.41, 5.74) is 0.791. The summed E-state index contributed by atoms with van der Waals surface area (Å²) in [5, 5.41) is 9.01. The minimum atomic E-state index is -1.06. The highest BCUT2D eigenvalue weighted by Gasteiger charge is 2.18. The minimum Gasteiger partial charge on any atom is -0.475 e.